The summed E-state index contributed by atoms with van der Waals surface area (Å²) < 4.78 is 22.5. The van der Waals surface area contributed by atoms with Gasteiger partial charge in [0.1, 0.15) is 9.84 Å². The van der Waals surface area contributed by atoms with Crippen molar-refractivity contribution < 1.29 is 18.3 Å². The van der Waals surface area contributed by atoms with Crippen molar-refractivity contribution in [3.63, 3.8) is 0 Å². The predicted octanol–water partition coefficient (Wildman–Crippen LogP) is 1.56. The largest absolute Gasteiger partial charge is 0.481 e. The van der Waals surface area contributed by atoms with E-state index >= 15 is 0 Å². The Kier molecular flexibility index (Phi) is 4.35. The Balaban J connectivity index is 2.64. The average molecular weight is 248 g/mol. The molecule has 0 aromatic rings. The summed E-state index contributed by atoms with van der Waals surface area (Å²) in [7, 11) is -2.90. The zero-order chi connectivity index (χ0) is 12.3. The van der Waals surface area contributed by atoms with Crippen molar-refractivity contribution in [1.29, 1.82) is 0 Å². The zero-order valence-corrected chi connectivity index (χ0v) is 10.7. The Morgan fingerprint density at radius 2 is 1.81 bits per heavy atom. The van der Waals surface area contributed by atoms with E-state index in [1.807, 2.05) is 13.8 Å². The Labute approximate surface area is 97.0 Å². The van der Waals surface area contributed by atoms with Gasteiger partial charge in [-0.15, -0.1) is 0 Å². The molecule has 1 saturated heterocycles. The molecule has 0 spiro atoms. The van der Waals surface area contributed by atoms with E-state index in [1.165, 1.54) is 0 Å². The molecule has 0 aromatic carbocycles. The van der Waals surface area contributed by atoms with E-state index < -0.39 is 15.8 Å². The van der Waals surface area contributed by atoms with E-state index in [2.05, 4.69) is 0 Å². The number of rotatable bonds is 4. The predicted molar refractivity (Wildman–Crippen MR) is 62.0 cm³/mol. The summed E-state index contributed by atoms with van der Waals surface area (Å²) in [6, 6.07) is 0. The van der Waals surface area contributed by atoms with Crippen molar-refractivity contribution in [2.75, 3.05) is 11.5 Å². The normalized spacial score (nSPS) is 23.2. The van der Waals surface area contributed by atoms with E-state index in [4.69, 9.17) is 5.11 Å². The first-order valence-corrected chi connectivity index (χ1v) is 7.57. The van der Waals surface area contributed by atoms with Crippen LogP contribution in [0.15, 0.2) is 0 Å². The Hall–Kier alpha value is -0.580. The molecule has 94 valence electrons. The number of hydrogen-bond donors (Lipinski definition) is 1. The van der Waals surface area contributed by atoms with Crippen LogP contribution in [0.2, 0.25) is 0 Å². The summed E-state index contributed by atoms with van der Waals surface area (Å²) in [5, 5.41) is 9.16. The Morgan fingerprint density at radius 3 is 2.19 bits per heavy atom. The lowest BCUT2D eigenvalue weighted by Crippen LogP contribution is -2.32. The highest BCUT2D eigenvalue weighted by Crippen LogP contribution is 2.30. The maximum Gasteiger partial charge on any atom is 0.306 e. The van der Waals surface area contributed by atoms with E-state index in [9.17, 15) is 13.2 Å². The minimum Gasteiger partial charge on any atom is -0.481 e. The second-order valence-corrected chi connectivity index (χ2v) is 7.37. The first-order chi connectivity index (χ1) is 7.32. The summed E-state index contributed by atoms with van der Waals surface area (Å²) in [6.45, 7) is 3.99. The first-order valence-electron chi connectivity index (χ1n) is 5.75. The molecule has 0 bridgehead atoms. The van der Waals surface area contributed by atoms with Gasteiger partial charge in [-0.2, -0.15) is 0 Å². The number of carboxylic acid groups (broad SMARTS) is 1. The molecule has 1 atom stereocenters. The van der Waals surface area contributed by atoms with Gasteiger partial charge in [-0.05, 0) is 31.1 Å². The number of hydrogen-bond acceptors (Lipinski definition) is 3. The van der Waals surface area contributed by atoms with Gasteiger partial charge in [-0.25, -0.2) is 8.42 Å². The first kappa shape index (κ1) is 13.5. The van der Waals surface area contributed by atoms with Gasteiger partial charge >= 0.3 is 5.97 Å². The molecular weight excluding hydrogens is 228 g/mol. The quantitative estimate of drug-likeness (QED) is 0.819. The molecule has 0 aromatic heterocycles. The molecule has 1 unspecified atom stereocenters. The van der Waals surface area contributed by atoms with Crippen LogP contribution in [0.25, 0.3) is 0 Å². The standard InChI is InChI=1S/C11H20O4S/c1-8(2)7-10(11(12)13)9-3-5-16(14,15)6-4-9/h8-10H,3-7H2,1-2H3,(H,12,13). The average Bonchev–Trinajstić information content (AvgIpc) is 2.14. The van der Waals surface area contributed by atoms with Crippen LogP contribution in [0.3, 0.4) is 0 Å². The van der Waals surface area contributed by atoms with Crippen LogP contribution >= 0.6 is 0 Å². The minimum atomic E-state index is -2.90. The van der Waals surface area contributed by atoms with E-state index in [0.29, 0.717) is 25.2 Å². The molecule has 1 N–H and O–H groups in total. The number of carbonyl (C=O) groups is 1. The molecule has 16 heavy (non-hydrogen) atoms. The second-order valence-electron chi connectivity index (χ2n) is 5.06. The van der Waals surface area contributed by atoms with Crippen LogP contribution in [0, 0.1) is 17.8 Å². The summed E-state index contributed by atoms with van der Waals surface area (Å²) in [4.78, 5) is 11.1. The van der Waals surface area contributed by atoms with Crippen molar-refractivity contribution >= 4 is 15.8 Å². The number of carboxylic acids is 1. The fourth-order valence-corrected chi connectivity index (χ4v) is 3.84. The van der Waals surface area contributed by atoms with Crippen LogP contribution in [0.5, 0.6) is 0 Å². The van der Waals surface area contributed by atoms with Crippen molar-refractivity contribution in [2.24, 2.45) is 17.8 Å². The van der Waals surface area contributed by atoms with Crippen LogP contribution in [-0.2, 0) is 14.6 Å². The summed E-state index contributed by atoms with van der Waals surface area (Å²) in [5.74, 6) is -0.490. The second kappa shape index (κ2) is 5.17. The summed E-state index contributed by atoms with van der Waals surface area (Å²) in [6.07, 6.45) is 1.65. The van der Waals surface area contributed by atoms with E-state index in [1.54, 1.807) is 0 Å². The fourth-order valence-electron chi connectivity index (χ4n) is 2.31. The Morgan fingerprint density at radius 1 is 1.31 bits per heavy atom. The van der Waals surface area contributed by atoms with E-state index in [-0.39, 0.29) is 23.3 Å². The number of sulfone groups is 1. The van der Waals surface area contributed by atoms with Crippen LogP contribution < -0.4 is 0 Å². The van der Waals surface area contributed by atoms with Crippen molar-refractivity contribution in [2.45, 2.75) is 33.1 Å². The van der Waals surface area contributed by atoms with Gasteiger partial charge in [0.2, 0.25) is 0 Å². The molecule has 0 saturated carbocycles. The molecule has 1 heterocycles. The van der Waals surface area contributed by atoms with Gasteiger partial charge in [0.05, 0.1) is 17.4 Å². The molecule has 0 aliphatic carbocycles. The number of aliphatic carboxylic acids is 1. The molecule has 1 aliphatic heterocycles. The monoisotopic (exact) mass is 248 g/mol. The molecule has 1 fully saturated rings. The molecule has 0 radical (unpaired) electrons. The molecule has 4 nitrogen and oxygen atoms in total. The van der Waals surface area contributed by atoms with Gasteiger partial charge in [0.25, 0.3) is 0 Å². The van der Waals surface area contributed by atoms with Gasteiger partial charge in [0.15, 0.2) is 0 Å². The highest BCUT2D eigenvalue weighted by molar-refractivity contribution is 7.91. The highest BCUT2D eigenvalue weighted by Gasteiger charge is 2.33. The molecule has 0 amide bonds. The summed E-state index contributed by atoms with van der Waals surface area (Å²) >= 11 is 0. The smallest absolute Gasteiger partial charge is 0.306 e. The van der Waals surface area contributed by atoms with E-state index in [0.717, 1.165) is 0 Å². The topological polar surface area (TPSA) is 71.4 Å². The third-order valence-electron chi connectivity index (χ3n) is 3.21. The Bertz CT molecular complexity index is 331. The molecule has 1 rings (SSSR count). The van der Waals surface area contributed by atoms with Crippen LogP contribution in [0.4, 0.5) is 0 Å². The minimum absolute atomic E-state index is 0.0309. The SMILES string of the molecule is CC(C)CC(C(=O)O)C1CCS(=O)(=O)CC1. The van der Waals surface area contributed by atoms with Crippen molar-refractivity contribution in [3.05, 3.63) is 0 Å². The summed E-state index contributed by atoms with van der Waals surface area (Å²) in [5.41, 5.74) is 0. The molecular formula is C11H20O4S. The lowest BCUT2D eigenvalue weighted by atomic mass is 9.82. The zero-order valence-electron chi connectivity index (χ0n) is 9.85. The molecule has 1 aliphatic rings. The van der Waals surface area contributed by atoms with Crippen molar-refractivity contribution in [3.8, 4) is 0 Å². The maximum absolute atomic E-state index is 11.3. The van der Waals surface area contributed by atoms with Gasteiger partial charge < -0.3 is 5.11 Å². The maximum atomic E-state index is 11.3. The van der Waals surface area contributed by atoms with Gasteiger partial charge in [0, 0.05) is 0 Å². The van der Waals surface area contributed by atoms with Crippen molar-refractivity contribution in [1.82, 2.24) is 0 Å². The third kappa shape index (κ3) is 3.77. The third-order valence-corrected chi connectivity index (χ3v) is 4.93. The lowest BCUT2D eigenvalue weighted by molar-refractivity contribution is -0.144. The highest BCUT2D eigenvalue weighted by atomic mass is 32.2. The molecule has 5 heteroatoms. The van der Waals surface area contributed by atoms with Gasteiger partial charge in [-0.3, -0.25) is 4.79 Å². The fraction of sp³-hybridized carbons (Fsp3) is 0.909. The van der Waals surface area contributed by atoms with Crippen LogP contribution in [0.1, 0.15) is 33.1 Å². The van der Waals surface area contributed by atoms with Crippen LogP contribution in [-0.4, -0.2) is 31.0 Å². The van der Waals surface area contributed by atoms with Gasteiger partial charge in [-0.1, -0.05) is 13.8 Å². The lowest BCUT2D eigenvalue weighted by Gasteiger charge is -2.28.